The Morgan fingerprint density at radius 2 is 1.36 bits per heavy atom. The van der Waals surface area contributed by atoms with Gasteiger partial charge in [0.05, 0.1) is 23.8 Å². The maximum absolute atomic E-state index is 11.0. The number of carbonyl (C=O) groups excluding carboxylic acids is 1. The van der Waals surface area contributed by atoms with Gasteiger partial charge in [0.15, 0.2) is 0 Å². The summed E-state index contributed by atoms with van der Waals surface area (Å²) in [6, 6.07) is 28.8. The molecule has 3 aromatic rings. The summed E-state index contributed by atoms with van der Waals surface area (Å²) in [4.78, 5) is 11.0. The summed E-state index contributed by atoms with van der Waals surface area (Å²) >= 11 is 0. The largest absolute Gasteiger partial charge is 0.462 e. The van der Waals surface area contributed by atoms with Gasteiger partial charge in [0.25, 0.3) is 0 Å². The Labute approximate surface area is 148 Å². The predicted octanol–water partition coefficient (Wildman–Crippen LogP) is 5.09. The predicted molar refractivity (Wildman–Crippen MR) is 99.0 cm³/mol. The van der Waals surface area contributed by atoms with Crippen LogP contribution in [0.25, 0.3) is 11.1 Å². The van der Waals surface area contributed by atoms with Gasteiger partial charge in [-0.05, 0) is 42.3 Å². The van der Waals surface area contributed by atoms with Gasteiger partial charge in [-0.25, -0.2) is 4.79 Å². The Bertz CT molecular complexity index is 819. The van der Waals surface area contributed by atoms with E-state index < -0.39 is 0 Å². The highest BCUT2D eigenvalue weighted by Crippen LogP contribution is 2.18. The van der Waals surface area contributed by atoms with Crippen LogP contribution < -0.4 is 0 Å². The second-order valence-electron chi connectivity index (χ2n) is 5.14. The molecule has 0 saturated heterocycles. The van der Waals surface area contributed by atoms with Gasteiger partial charge in [0.2, 0.25) is 0 Å². The van der Waals surface area contributed by atoms with Gasteiger partial charge in [0.1, 0.15) is 0 Å². The molecule has 0 aromatic heterocycles. The van der Waals surface area contributed by atoms with Crippen LogP contribution in [-0.2, 0) is 4.74 Å². The van der Waals surface area contributed by atoms with Gasteiger partial charge in [-0.2, -0.15) is 5.26 Å². The maximum Gasteiger partial charge on any atom is 0.338 e. The summed E-state index contributed by atoms with van der Waals surface area (Å²) < 4.78 is 4.79. The number of ether oxygens (including phenoxy) is 1. The molecule has 0 saturated carbocycles. The van der Waals surface area contributed by atoms with Gasteiger partial charge in [-0.3, -0.25) is 0 Å². The third kappa shape index (κ3) is 5.63. The highest BCUT2D eigenvalue weighted by Gasteiger charge is 2.02. The monoisotopic (exact) mass is 329 g/mol. The van der Waals surface area contributed by atoms with E-state index in [4.69, 9.17) is 10.00 Å². The molecule has 0 aliphatic heterocycles. The number of hydrogen-bond acceptors (Lipinski definition) is 3. The van der Waals surface area contributed by atoms with E-state index in [2.05, 4.69) is 18.2 Å². The highest BCUT2D eigenvalue weighted by molar-refractivity contribution is 5.89. The van der Waals surface area contributed by atoms with E-state index in [1.807, 2.05) is 60.7 Å². The molecule has 0 heterocycles. The zero-order valence-electron chi connectivity index (χ0n) is 14.1. The normalized spacial score (nSPS) is 9.28. The Morgan fingerprint density at radius 3 is 1.88 bits per heavy atom. The van der Waals surface area contributed by atoms with Gasteiger partial charge < -0.3 is 4.74 Å². The molecular formula is C22H19NO2. The van der Waals surface area contributed by atoms with Crippen molar-refractivity contribution >= 4 is 5.97 Å². The highest BCUT2D eigenvalue weighted by atomic mass is 16.5. The fraction of sp³-hybridized carbons (Fsp3) is 0.0909. The number of esters is 1. The first kappa shape index (κ1) is 18.0. The molecule has 0 atom stereocenters. The van der Waals surface area contributed by atoms with Crippen molar-refractivity contribution in [1.29, 1.82) is 5.26 Å². The third-order valence-corrected chi connectivity index (χ3v) is 3.41. The zero-order chi connectivity index (χ0) is 17.9. The molecule has 0 radical (unpaired) electrons. The molecule has 3 heteroatoms. The lowest BCUT2D eigenvalue weighted by atomic mass is 10.0. The quantitative estimate of drug-likeness (QED) is 0.629. The van der Waals surface area contributed by atoms with Gasteiger partial charge in [-0.1, -0.05) is 60.7 Å². The van der Waals surface area contributed by atoms with Gasteiger partial charge in [0, 0.05) is 0 Å². The lowest BCUT2D eigenvalue weighted by Gasteiger charge is -1.99. The first-order valence-corrected chi connectivity index (χ1v) is 8.02. The average molecular weight is 329 g/mol. The van der Waals surface area contributed by atoms with E-state index >= 15 is 0 Å². The van der Waals surface area contributed by atoms with Crippen molar-refractivity contribution in [2.24, 2.45) is 0 Å². The van der Waals surface area contributed by atoms with Crippen molar-refractivity contribution in [2.75, 3.05) is 6.61 Å². The molecule has 3 aromatic carbocycles. The van der Waals surface area contributed by atoms with Crippen LogP contribution in [0, 0.1) is 11.3 Å². The SMILES string of the molecule is CCOC(=O)c1ccccc1.N#Cc1ccc(-c2ccccc2)cc1. The van der Waals surface area contributed by atoms with Crippen molar-refractivity contribution in [2.45, 2.75) is 6.92 Å². The molecule has 0 unspecified atom stereocenters. The Hall–Kier alpha value is -3.38. The van der Waals surface area contributed by atoms with Crippen LogP contribution in [0.3, 0.4) is 0 Å². The summed E-state index contributed by atoms with van der Waals surface area (Å²) in [5, 5.41) is 8.65. The number of carbonyl (C=O) groups is 1. The minimum atomic E-state index is -0.256. The molecular weight excluding hydrogens is 310 g/mol. The van der Waals surface area contributed by atoms with Crippen LogP contribution in [-0.4, -0.2) is 12.6 Å². The molecule has 0 spiro atoms. The van der Waals surface area contributed by atoms with Crippen molar-refractivity contribution in [1.82, 2.24) is 0 Å². The number of rotatable bonds is 3. The van der Waals surface area contributed by atoms with E-state index in [0.29, 0.717) is 17.7 Å². The summed E-state index contributed by atoms with van der Waals surface area (Å²) in [5.74, 6) is -0.256. The minimum Gasteiger partial charge on any atom is -0.462 e. The van der Waals surface area contributed by atoms with Crippen LogP contribution >= 0.6 is 0 Å². The number of hydrogen-bond donors (Lipinski definition) is 0. The first-order chi connectivity index (χ1) is 12.2. The first-order valence-electron chi connectivity index (χ1n) is 8.02. The lowest BCUT2D eigenvalue weighted by Crippen LogP contribution is -2.03. The Morgan fingerprint density at radius 1 is 0.840 bits per heavy atom. The molecule has 25 heavy (non-hydrogen) atoms. The van der Waals surface area contributed by atoms with E-state index in [9.17, 15) is 4.79 Å². The fourth-order valence-electron chi connectivity index (χ4n) is 2.16. The molecule has 0 aliphatic rings. The summed E-state index contributed by atoms with van der Waals surface area (Å²) in [5.41, 5.74) is 3.63. The van der Waals surface area contributed by atoms with Crippen LogP contribution in [0.2, 0.25) is 0 Å². The summed E-state index contributed by atoms with van der Waals surface area (Å²) in [6.45, 7) is 2.22. The molecule has 0 aliphatic carbocycles. The molecule has 0 fully saturated rings. The number of nitrogens with zero attached hydrogens (tertiary/aromatic N) is 1. The fourth-order valence-corrected chi connectivity index (χ4v) is 2.16. The molecule has 3 nitrogen and oxygen atoms in total. The molecule has 124 valence electrons. The second kappa shape index (κ2) is 9.69. The second-order valence-corrected chi connectivity index (χ2v) is 5.14. The van der Waals surface area contributed by atoms with Crippen LogP contribution in [0.4, 0.5) is 0 Å². The third-order valence-electron chi connectivity index (χ3n) is 3.41. The standard InChI is InChI=1S/C13H9N.C9H10O2/c14-10-11-6-8-13(9-7-11)12-4-2-1-3-5-12;1-2-11-9(10)8-6-4-3-5-7-8/h1-9H;3-7H,2H2,1H3. The van der Waals surface area contributed by atoms with Crippen molar-refractivity contribution < 1.29 is 9.53 Å². The van der Waals surface area contributed by atoms with Gasteiger partial charge >= 0.3 is 5.97 Å². The minimum absolute atomic E-state index is 0.256. The van der Waals surface area contributed by atoms with E-state index in [0.717, 1.165) is 5.56 Å². The maximum atomic E-state index is 11.0. The topological polar surface area (TPSA) is 50.1 Å². The average Bonchev–Trinajstić information content (AvgIpc) is 2.70. The summed E-state index contributed by atoms with van der Waals surface area (Å²) in [7, 11) is 0. The van der Waals surface area contributed by atoms with Crippen LogP contribution in [0.1, 0.15) is 22.8 Å². The summed E-state index contributed by atoms with van der Waals surface area (Å²) in [6.07, 6.45) is 0. The molecule has 0 N–H and O–H groups in total. The Kier molecular flexibility index (Phi) is 6.96. The lowest BCUT2D eigenvalue weighted by molar-refractivity contribution is 0.0526. The van der Waals surface area contributed by atoms with Crippen LogP contribution in [0.15, 0.2) is 84.9 Å². The van der Waals surface area contributed by atoms with Gasteiger partial charge in [-0.15, -0.1) is 0 Å². The van der Waals surface area contributed by atoms with Crippen molar-refractivity contribution in [3.8, 4) is 17.2 Å². The Balaban J connectivity index is 0.000000186. The van der Waals surface area contributed by atoms with Crippen molar-refractivity contribution in [3.05, 3.63) is 96.1 Å². The zero-order valence-corrected chi connectivity index (χ0v) is 14.1. The number of benzene rings is 3. The molecule has 0 amide bonds. The molecule has 0 bridgehead atoms. The smallest absolute Gasteiger partial charge is 0.338 e. The van der Waals surface area contributed by atoms with E-state index in [1.165, 1.54) is 5.56 Å². The van der Waals surface area contributed by atoms with E-state index in [1.54, 1.807) is 19.1 Å². The van der Waals surface area contributed by atoms with E-state index in [-0.39, 0.29) is 5.97 Å². The van der Waals surface area contributed by atoms with Crippen molar-refractivity contribution in [3.63, 3.8) is 0 Å². The number of nitriles is 1. The molecule has 3 rings (SSSR count). The van der Waals surface area contributed by atoms with Crippen LogP contribution in [0.5, 0.6) is 0 Å².